The molecule has 0 aliphatic heterocycles. The number of furan rings is 1. The normalized spacial score (nSPS) is 10.6. The summed E-state index contributed by atoms with van der Waals surface area (Å²) in [5.74, 6) is 0.901. The number of rotatable bonds is 3. The van der Waals surface area contributed by atoms with Crippen molar-refractivity contribution < 1.29 is 9.21 Å². The molecule has 0 unspecified atom stereocenters. The van der Waals surface area contributed by atoms with Crippen molar-refractivity contribution in [2.24, 2.45) is 0 Å². The molecule has 0 radical (unpaired) electrons. The van der Waals surface area contributed by atoms with E-state index in [9.17, 15) is 9.59 Å². The van der Waals surface area contributed by atoms with E-state index in [1.165, 1.54) is 11.3 Å². The zero-order valence-corrected chi connectivity index (χ0v) is 9.84. The molecule has 0 aromatic carbocycles. The molecule has 2 aromatic heterocycles. The lowest BCUT2D eigenvalue weighted by Crippen LogP contribution is -2.14. The number of nitrogens with zero attached hydrogens (tertiary/aromatic N) is 1. The first-order chi connectivity index (χ1) is 7.61. The highest BCUT2D eigenvalue weighted by molar-refractivity contribution is 7.09. The minimum Gasteiger partial charge on any atom is -0.456 e. The van der Waals surface area contributed by atoms with Crippen molar-refractivity contribution in [3.8, 4) is 0 Å². The molecular formula is C11H11NO3S. The van der Waals surface area contributed by atoms with Gasteiger partial charge >= 0.3 is 4.87 Å². The van der Waals surface area contributed by atoms with Crippen LogP contribution in [-0.2, 0) is 6.54 Å². The summed E-state index contributed by atoms with van der Waals surface area (Å²) in [7, 11) is 0. The zero-order valence-electron chi connectivity index (χ0n) is 9.02. The molecule has 0 saturated heterocycles. The highest BCUT2D eigenvalue weighted by Crippen LogP contribution is 2.13. The minimum absolute atomic E-state index is 0.000877. The van der Waals surface area contributed by atoms with Crippen molar-refractivity contribution in [2.45, 2.75) is 20.4 Å². The van der Waals surface area contributed by atoms with Gasteiger partial charge in [-0.2, -0.15) is 0 Å². The van der Waals surface area contributed by atoms with Gasteiger partial charge in [0, 0.05) is 10.6 Å². The van der Waals surface area contributed by atoms with Gasteiger partial charge in [-0.3, -0.25) is 14.2 Å². The van der Waals surface area contributed by atoms with Crippen molar-refractivity contribution in [2.75, 3.05) is 0 Å². The Balaban J connectivity index is 2.33. The van der Waals surface area contributed by atoms with Gasteiger partial charge in [-0.05, 0) is 26.0 Å². The summed E-state index contributed by atoms with van der Waals surface area (Å²) < 4.78 is 6.88. The second-order valence-electron chi connectivity index (χ2n) is 3.52. The summed E-state index contributed by atoms with van der Waals surface area (Å²) in [6.45, 7) is 4.19. The number of hydrogen-bond donors (Lipinski definition) is 0. The molecule has 16 heavy (non-hydrogen) atoms. The van der Waals surface area contributed by atoms with Crippen LogP contribution in [0.1, 0.15) is 26.9 Å². The van der Waals surface area contributed by atoms with Crippen LogP contribution in [0.25, 0.3) is 0 Å². The van der Waals surface area contributed by atoms with Crippen LogP contribution in [0.3, 0.4) is 0 Å². The topological polar surface area (TPSA) is 52.2 Å². The molecule has 5 heteroatoms. The third-order valence-electron chi connectivity index (χ3n) is 2.49. The number of aryl methyl sites for hydroxylation is 1. The molecule has 2 rings (SSSR count). The van der Waals surface area contributed by atoms with Crippen molar-refractivity contribution in [1.82, 2.24) is 4.57 Å². The van der Waals surface area contributed by atoms with E-state index in [4.69, 9.17) is 4.42 Å². The van der Waals surface area contributed by atoms with Crippen LogP contribution in [0.4, 0.5) is 0 Å². The average molecular weight is 237 g/mol. The molecule has 0 bridgehead atoms. The van der Waals surface area contributed by atoms with E-state index in [1.54, 1.807) is 16.7 Å². The van der Waals surface area contributed by atoms with Crippen LogP contribution in [0, 0.1) is 13.8 Å². The number of hydrogen-bond acceptors (Lipinski definition) is 4. The molecule has 0 N–H and O–H groups in total. The van der Waals surface area contributed by atoms with Gasteiger partial charge in [0.2, 0.25) is 0 Å². The molecule has 0 aliphatic rings. The van der Waals surface area contributed by atoms with Crippen LogP contribution >= 0.6 is 11.3 Å². The Morgan fingerprint density at radius 3 is 2.69 bits per heavy atom. The smallest absolute Gasteiger partial charge is 0.307 e. The van der Waals surface area contributed by atoms with E-state index >= 15 is 0 Å². The van der Waals surface area contributed by atoms with E-state index in [-0.39, 0.29) is 10.6 Å². The van der Waals surface area contributed by atoms with Crippen LogP contribution in [0.5, 0.6) is 0 Å². The Morgan fingerprint density at radius 1 is 1.44 bits per heavy atom. The average Bonchev–Trinajstić information content (AvgIpc) is 2.80. The second-order valence-corrected chi connectivity index (χ2v) is 4.68. The Bertz CT molecular complexity index is 576. The maximum atomic E-state index is 11.6. The largest absolute Gasteiger partial charge is 0.456 e. The first-order valence-electron chi connectivity index (χ1n) is 4.82. The predicted molar refractivity (Wildman–Crippen MR) is 61.3 cm³/mol. The van der Waals surface area contributed by atoms with Gasteiger partial charge in [0.05, 0.1) is 6.54 Å². The third kappa shape index (κ3) is 1.86. The number of carbonyl (C=O) groups is 1. The quantitative estimate of drug-likeness (QED) is 0.767. The summed E-state index contributed by atoms with van der Waals surface area (Å²) in [5.41, 5.74) is 0.944. The first kappa shape index (κ1) is 10.9. The molecule has 84 valence electrons. The van der Waals surface area contributed by atoms with E-state index < -0.39 is 0 Å². The summed E-state index contributed by atoms with van der Waals surface area (Å²) in [6, 6.07) is 3.31. The molecule has 0 amide bonds. The van der Waals surface area contributed by atoms with Gasteiger partial charge in [0.1, 0.15) is 5.76 Å². The molecule has 2 heterocycles. The molecular weight excluding hydrogens is 226 g/mol. The second kappa shape index (κ2) is 4.09. The van der Waals surface area contributed by atoms with Gasteiger partial charge < -0.3 is 4.42 Å². The fourth-order valence-electron chi connectivity index (χ4n) is 1.47. The van der Waals surface area contributed by atoms with Crippen molar-refractivity contribution in [1.29, 1.82) is 0 Å². The molecule has 0 spiro atoms. The lowest BCUT2D eigenvalue weighted by molar-refractivity contribution is 0.109. The van der Waals surface area contributed by atoms with Gasteiger partial charge in [-0.25, -0.2) is 0 Å². The van der Waals surface area contributed by atoms with Crippen LogP contribution in [-0.4, -0.2) is 10.9 Å². The molecule has 0 aliphatic carbocycles. The highest BCUT2D eigenvalue weighted by Gasteiger charge is 2.09. The van der Waals surface area contributed by atoms with Crippen LogP contribution < -0.4 is 4.87 Å². The number of aromatic nitrogens is 1. The van der Waals surface area contributed by atoms with Gasteiger partial charge in [-0.15, -0.1) is 0 Å². The van der Waals surface area contributed by atoms with E-state index in [1.807, 2.05) is 13.8 Å². The fraction of sp³-hybridized carbons (Fsp3) is 0.273. The number of aldehydes is 1. The standard InChI is InChI=1S/C11H11NO3S/c1-7-8(2)16-11(14)12(7)5-9-3-4-10(6-13)15-9/h3-4,6H,5H2,1-2H3. The lowest BCUT2D eigenvalue weighted by Gasteiger charge is -2.01. The molecule has 0 atom stereocenters. The SMILES string of the molecule is Cc1sc(=O)n(Cc2ccc(C=O)o2)c1C. The van der Waals surface area contributed by atoms with E-state index in [2.05, 4.69) is 0 Å². The Kier molecular flexibility index (Phi) is 2.78. The van der Waals surface area contributed by atoms with E-state index in [0.717, 1.165) is 10.6 Å². The lowest BCUT2D eigenvalue weighted by atomic mass is 10.4. The third-order valence-corrected chi connectivity index (χ3v) is 3.48. The van der Waals surface area contributed by atoms with E-state index in [0.29, 0.717) is 18.6 Å². The predicted octanol–water partition coefficient (Wildman–Crippen LogP) is 1.98. The zero-order chi connectivity index (χ0) is 11.7. The van der Waals surface area contributed by atoms with Crippen LogP contribution in [0.2, 0.25) is 0 Å². The van der Waals surface area contributed by atoms with Crippen LogP contribution in [0.15, 0.2) is 21.3 Å². The van der Waals surface area contributed by atoms with Crippen molar-refractivity contribution >= 4 is 17.6 Å². The summed E-state index contributed by atoms with van der Waals surface area (Å²) in [6.07, 6.45) is 0.651. The fourth-order valence-corrected chi connectivity index (χ4v) is 2.30. The first-order valence-corrected chi connectivity index (χ1v) is 5.64. The molecule has 0 fully saturated rings. The van der Waals surface area contributed by atoms with Gasteiger partial charge in [0.15, 0.2) is 12.0 Å². The van der Waals surface area contributed by atoms with Crippen molar-refractivity contribution in [3.63, 3.8) is 0 Å². The number of carbonyl (C=O) groups excluding carboxylic acids is 1. The Labute approximate surface area is 96.1 Å². The molecule has 0 saturated carbocycles. The van der Waals surface area contributed by atoms with Gasteiger partial charge in [-0.1, -0.05) is 11.3 Å². The summed E-state index contributed by atoms with van der Waals surface area (Å²) >= 11 is 1.22. The maximum Gasteiger partial charge on any atom is 0.307 e. The summed E-state index contributed by atoms with van der Waals surface area (Å²) in [5, 5.41) is 0. The maximum absolute atomic E-state index is 11.6. The Hall–Kier alpha value is -1.62. The number of thiazole rings is 1. The minimum atomic E-state index is -0.000877. The molecule has 2 aromatic rings. The Morgan fingerprint density at radius 2 is 2.19 bits per heavy atom. The van der Waals surface area contributed by atoms with Gasteiger partial charge in [0.25, 0.3) is 0 Å². The summed E-state index contributed by atoms with van der Waals surface area (Å²) in [4.78, 5) is 23.1. The monoisotopic (exact) mass is 237 g/mol. The molecule has 4 nitrogen and oxygen atoms in total. The highest BCUT2D eigenvalue weighted by atomic mass is 32.1. The van der Waals surface area contributed by atoms with Crippen molar-refractivity contribution in [3.05, 3.63) is 43.9 Å².